The van der Waals surface area contributed by atoms with Crippen LogP contribution in [0.5, 0.6) is 0 Å². The molecule has 0 aromatic carbocycles. The number of amides is 2. The minimum Gasteiger partial charge on any atom is -0.272 e. The predicted molar refractivity (Wildman–Crippen MR) is 73.6 cm³/mol. The third-order valence-electron chi connectivity index (χ3n) is 2.85. The zero-order valence-corrected chi connectivity index (χ0v) is 11.7. The first-order valence-corrected chi connectivity index (χ1v) is 6.60. The van der Waals surface area contributed by atoms with Gasteiger partial charge in [-0.2, -0.15) is 21.3 Å². The molecule has 10 N–H and O–H groups in total. The smallest absolute Gasteiger partial charge is 0.252 e. The van der Waals surface area contributed by atoms with E-state index in [4.69, 9.17) is 23.4 Å². The summed E-state index contributed by atoms with van der Waals surface area (Å²) in [6.45, 7) is 0. The van der Waals surface area contributed by atoms with E-state index in [1.165, 1.54) is 0 Å². The zero-order valence-electron chi connectivity index (χ0n) is 11.7. The Hall–Kier alpha value is -1.30. The summed E-state index contributed by atoms with van der Waals surface area (Å²) in [5, 5.41) is 1.55. The van der Waals surface area contributed by atoms with Gasteiger partial charge in [-0.25, -0.2) is 11.7 Å². The maximum atomic E-state index is 11.3. The molecule has 0 aromatic rings. The van der Waals surface area contributed by atoms with Crippen molar-refractivity contribution in [2.24, 2.45) is 23.4 Å². The van der Waals surface area contributed by atoms with Crippen LogP contribution < -0.4 is 34.4 Å². The number of carbonyl (C=O) groups excluding carboxylic acids is 2. The molecule has 0 aliphatic heterocycles. The van der Waals surface area contributed by atoms with Gasteiger partial charge in [0.25, 0.3) is 11.8 Å². The van der Waals surface area contributed by atoms with Crippen LogP contribution in [-0.2, 0) is 9.59 Å². The highest BCUT2D eigenvalue weighted by Gasteiger charge is 2.07. The second-order valence-electron chi connectivity index (χ2n) is 4.41. The quantitative estimate of drug-likeness (QED) is 0.113. The van der Waals surface area contributed by atoms with E-state index >= 15 is 0 Å². The Morgan fingerprint density at radius 3 is 1.30 bits per heavy atom. The fraction of sp³-hybridized carbons (Fsp3) is 0.800. The molecule has 0 spiro atoms. The average Bonchev–Trinajstić information content (AvgIpc) is 2.47. The maximum absolute atomic E-state index is 11.3. The van der Waals surface area contributed by atoms with E-state index in [9.17, 15) is 9.59 Å². The molecule has 10 nitrogen and oxygen atoms in total. The summed E-state index contributed by atoms with van der Waals surface area (Å²) in [5.74, 6) is 20.0. The highest BCUT2D eigenvalue weighted by molar-refractivity contribution is 5.75. The van der Waals surface area contributed by atoms with Crippen LogP contribution in [0.25, 0.3) is 0 Å². The molecule has 0 rings (SSSR count). The lowest BCUT2D eigenvalue weighted by atomic mass is 10.1. The first kappa shape index (κ1) is 18.7. The van der Waals surface area contributed by atoms with Gasteiger partial charge in [0.05, 0.1) is 0 Å². The lowest BCUT2D eigenvalue weighted by molar-refractivity contribution is -0.135. The number of nitrogens with two attached hydrogens (primary N) is 4. The number of hydrogen-bond donors (Lipinski definition) is 6. The van der Waals surface area contributed by atoms with Gasteiger partial charge in [0, 0.05) is 12.8 Å². The summed E-state index contributed by atoms with van der Waals surface area (Å²) in [7, 11) is 0. The van der Waals surface area contributed by atoms with E-state index in [-0.39, 0.29) is 11.8 Å². The fourth-order valence-electron chi connectivity index (χ4n) is 1.64. The maximum Gasteiger partial charge on any atom is 0.252 e. The van der Waals surface area contributed by atoms with Gasteiger partial charge in [-0.3, -0.25) is 21.3 Å². The molecule has 118 valence electrons. The van der Waals surface area contributed by atoms with E-state index in [2.05, 4.69) is 11.1 Å². The molecule has 0 radical (unpaired) electrons. The summed E-state index contributed by atoms with van der Waals surface area (Å²) in [4.78, 5) is 22.5. The van der Waals surface area contributed by atoms with Crippen molar-refractivity contribution in [2.45, 2.75) is 51.4 Å². The standard InChI is InChI=1S/C10H26N8O2/c11-15-17(13)9(19)7-5-3-1-2-4-6-8-10(20)18(14)16-12/h15-16H,1-8,11-14H2. The second-order valence-corrected chi connectivity index (χ2v) is 4.41. The Bertz CT molecular complexity index is 260. The molecule has 0 fully saturated rings. The van der Waals surface area contributed by atoms with Crippen molar-refractivity contribution in [1.29, 1.82) is 0 Å². The summed E-state index contributed by atoms with van der Waals surface area (Å²) in [5.41, 5.74) is 4.12. The number of rotatable bonds is 11. The van der Waals surface area contributed by atoms with Gasteiger partial charge in [0.1, 0.15) is 0 Å². The Kier molecular flexibility index (Phi) is 10.8. The lowest BCUT2D eigenvalue weighted by Gasteiger charge is -2.13. The number of unbranched alkanes of at least 4 members (excludes halogenated alkanes) is 5. The normalized spacial score (nSPS) is 10.4. The summed E-state index contributed by atoms with van der Waals surface area (Å²) < 4.78 is 0. The molecule has 10 heteroatoms. The molecule has 0 unspecified atom stereocenters. The summed E-state index contributed by atoms with van der Waals surface area (Å²) >= 11 is 0. The molecule has 0 aromatic heterocycles. The molecular weight excluding hydrogens is 264 g/mol. The number of hydrazine groups is 6. The second kappa shape index (κ2) is 11.5. The largest absolute Gasteiger partial charge is 0.272 e. The Morgan fingerprint density at radius 2 is 1.00 bits per heavy atom. The van der Waals surface area contributed by atoms with Crippen LogP contribution in [0.3, 0.4) is 0 Å². The first-order chi connectivity index (χ1) is 9.52. The summed E-state index contributed by atoms with van der Waals surface area (Å²) in [6.07, 6.45) is 6.14. The van der Waals surface area contributed by atoms with Gasteiger partial charge < -0.3 is 0 Å². The van der Waals surface area contributed by atoms with Crippen LogP contribution in [0.15, 0.2) is 0 Å². The SMILES string of the molecule is NNN(N)C(=O)CCCCCCCCC(=O)N(N)NN. The third kappa shape index (κ3) is 8.74. The van der Waals surface area contributed by atoms with Crippen LogP contribution in [0.2, 0.25) is 0 Å². The highest BCUT2D eigenvalue weighted by Crippen LogP contribution is 2.09. The average molecular weight is 290 g/mol. The van der Waals surface area contributed by atoms with Crippen molar-refractivity contribution >= 4 is 11.8 Å². The van der Waals surface area contributed by atoms with Crippen molar-refractivity contribution in [1.82, 2.24) is 21.3 Å². The van der Waals surface area contributed by atoms with Gasteiger partial charge >= 0.3 is 0 Å². The van der Waals surface area contributed by atoms with Crippen LogP contribution >= 0.6 is 0 Å². The zero-order chi connectivity index (χ0) is 15.4. The van der Waals surface area contributed by atoms with E-state index in [0.29, 0.717) is 12.8 Å². The number of nitrogens with zero attached hydrogens (tertiary/aromatic N) is 2. The van der Waals surface area contributed by atoms with Crippen molar-refractivity contribution in [3.05, 3.63) is 0 Å². The van der Waals surface area contributed by atoms with Crippen LogP contribution in [0, 0.1) is 0 Å². The molecule has 0 atom stereocenters. The predicted octanol–water partition coefficient (Wildman–Crippen LogP) is -1.73. The number of hydrogen-bond acceptors (Lipinski definition) is 8. The van der Waals surface area contributed by atoms with Crippen molar-refractivity contribution < 1.29 is 9.59 Å². The first-order valence-electron chi connectivity index (χ1n) is 6.60. The molecule has 0 saturated carbocycles. The summed E-state index contributed by atoms with van der Waals surface area (Å²) in [6, 6.07) is 0. The minimum atomic E-state index is -0.240. The van der Waals surface area contributed by atoms with Crippen LogP contribution in [0.4, 0.5) is 0 Å². The number of nitrogens with one attached hydrogen (secondary N) is 2. The molecule has 0 aliphatic carbocycles. The van der Waals surface area contributed by atoms with Gasteiger partial charge in [0.15, 0.2) is 0 Å². The fourth-order valence-corrected chi connectivity index (χ4v) is 1.64. The molecule has 2 amide bonds. The van der Waals surface area contributed by atoms with Crippen LogP contribution in [-0.4, -0.2) is 22.1 Å². The third-order valence-corrected chi connectivity index (χ3v) is 2.85. The van der Waals surface area contributed by atoms with E-state index < -0.39 is 0 Å². The molecule has 0 heterocycles. The molecule has 0 bridgehead atoms. The topological polar surface area (TPSA) is 169 Å². The van der Waals surface area contributed by atoms with Crippen molar-refractivity contribution in [3.8, 4) is 0 Å². The Morgan fingerprint density at radius 1 is 0.700 bits per heavy atom. The van der Waals surface area contributed by atoms with E-state index in [1.54, 1.807) is 0 Å². The van der Waals surface area contributed by atoms with Gasteiger partial charge in [-0.05, 0) is 12.8 Å². The Balaban J connectivity index is 3.37. The molecular formula is C10H26N8O2. The monoisotopic (exact) mass is 290 g/mol. The molecule has 20 heavy (non-hydrogen) atoms. The van der Waals surface area contributed by atoms with E-state index in [1.807, 2.05) is 0 Å². The van der Waals surface area contributed by atoms with Crippen LogP contribution in [0.1, 0.15) is 51.4 Å². The van der Waals surface area contributed by atoms with E-state index in [0.717, 1.165) is 48.8 Å². The minimum absolute atomic E-state index is 0.240. The lowest BCUT2D eigenvalue weighted by Crippen LogP contribution is -2.51. The van der Waals surface area contributed by atoms with Crippen molar-refractivity contribution in [2.75, 3.05) is 0 Å². The number of carbonyl (C=O) groups is 2. The van der Waals surface area contributed by atoms with Gasteiger partial charge in [-0.1, -0.05) is 25.7 Å². The van der Waals surface area contributed by atoms with Crippen molar-refractivity contribution in [3.63, 3.8) is 0 Å². The molecule has 0 aliphatic rings. The van der Waals surface area contributed by atoms with Gasteiger partial charge in [0.2, 0.25) is 0 Å². The highest BCUT2D eigenvalue weighted by atomic mass is 16.2. The molecule has 0 saturated heterocycles. The van der Waals surface area contributed by atoms with Gasteiger partial charge in [-0.15, -0.1) is 0 Å². The Labute approximate surface area is 118 Å².